The number of amides is 1. The molecule has 1 unspecified atom stereocenters. The average Bonchev–Trinajstić information content (AvgIpc) is 3.04. The van der Waals surface area contributed by atoms with E-state index in [2.05, 4.69) is 15.2 Å². The number of fused-ring (bicyclic) bond motifs is 1. The first-order chi connectivity index (χ1) is 13.5. The predicted molar refractivity (Wildman–Crippen MR) is 108 cm³/mol. The van der Waals surface area contributed by atoms with Gasteiger partial charge in [0.15, 0.2) is 11.4 Å². The number of rotatable bonds is 7. The number of pyridine rings is 1. The number of nitrogens with zero attached hydrogens (tertiary/aromatic N) is 3. The Labute approximate surface area is 164 Å². The molecule has 0 spiro atoms. The number of hydrogen-bond acceptors (Lipinski definition) is 5. The number of likely N-dealkylation sites (N-methyl/N-ethyl adjacent to an activating group) is 1. The number of nitrogens with one attached hydrogen (secondary N) is 1. The summed E-state index contributed by atoms with van der Waals surface area (Å²) in [5.41, 5.74) is 2.91. The molecule has 3 aromatic rings. The number of ether oxygens (including phenoxy) is 2. The molecule has 148 valence electrons. The van der Waals surface area contributed by atoms with Gasteiger partial charge in [0.2, 0.25) is 0 Å². The van der Waals surface area contributed by atoms with Crippen LogP contribution in [0.15, 0.2) is 42.6 Å². The Morgan fingerprint density at radius 3 is 2.50 bits per heavy atom. The highest BCUT2D eigenvalue weighted by Crippen LogP contribution is 2.23. The fourth-order valence-electron chi connectivity index (χ4n) is 3.29. The van der Waals surface area contributed by atoms with Gasteiger partial charge in [0, 0.05) is 12.7 Å². The Bertz CT molecular complexity index is 964. The third-order valence-electron chi connectivity index (χ3n) is 4.80. The normalized spacial score (nSPS) is 12.2. The van der Waals surface area contributed by atoms with Gasteiger partial charge in [-0.2, -0.15) is 0 Å². The summed E-state index contributed by atoms with van der Waals surface area (Å²) in [6.45, 7) is 2.29. The molecule has 3 rings (SSSR count). The minimum atomic E-state index is -0.168. The van der Waals surface area contributed by atoms with Crippen molar-refractivity contribution in [3.05, 3.63) is 59.5 Å². The quantitative estimate of drug-likeness (QED) is 0.680. The van der Waals surface area contributed by atoms with Crippen LogP contribution in [0.3, 0.4) is 0 Å². The number of methoxy groups -OCH3 is 2. The molecule has 1 aromatic carbocycles. The van der Waals surface area contributed by atoms with Crippen LogP contribution in [0.5, 0.6) is 11.5 Å². The highest BCUT2D eigenvalue weighted by Gasteiger charge is 2.21. The Balaban J connectivity index is 1.82. The van der Waals surface area contributed by atoms with E-state index in [0.717, 1.165) is 11.3 Å². The second-order valence-corrected chi connectivity index (χ2v) is 6.78. The van der Waals surface area contributed by atoms with Crippen LogP contribution in [0.1, 0.15) is 27.8 Å². The van der Waals surface area contributed by atoms with Crippen LogP contribution < -0.4 is 14.8 Å². The lowest BCUT2D eigenvalue weighted by atomic mass is 10.1. The molecule has 7 heteroatoms. The van der Waals surface area contributed by atoms with Crippen molar-refractivity contribution in [2.75, 3.05) is 34.9 Å². The molecule has 1 N–H and O–H groups in total. The Morgan fingerprint density at radius 1 is 1.18 bits per heavy atom. The van der Waals surface area contributed by atoms with Crippen molar-refractivity contribution in [2.45, 2.75) is 13.0 Å². The van der Waals surface area contributed by atoms with Gasteiger partial charge in [0.1, 0.15) is 11.4 Å². The molecular weight excluding hydrogens is 356 g/mol. The molecule has 1 amide bonds. The van der Waals surface area contributed by atoms with E-state index >= 15 is 0 Å². The third-order valence-corrected chi connectivity index (χ3v) is 4.80. The minimum Gasteiger partial charge on any atom is -0.497 e. The van der Waals surface area contributed by atoms with Crippen molar-refractivity contribution in [3.63, 3.8) is 0 Å². The SMILES string of the molecule is COc1ccc(C(CNC(=O)c2c(C)nc3c(OC)cccn23)N(C)C)cc1. The summed E-state index contributed by atoms with van der Waals surface area (Å²) in [5.74, 6) is 1.27. The van der Waals surface area contributed by atoms with E-state index in [-0.39, 0.29) is 11.9 Å². The number of hydrogen-bond donors (Lipinski definition) is 1. The zero-order valence-corrected chi connectivity index (χ0v) is 16.9. The highest BCUT2D eigenvalue weighted by molar-refractivity contribution is 5.95. The molecule has 0 aliphatic carbocycles. The molecule has 0 saturated heterocycles. The van der Waals surface area contributed by atoms with Crippen LogP contribution in [0.4, 0.5) is 0 Å². The lowest BCUT2D eigenvalue weighted by Gasteiger charge is -2.25. The van der Waals surface area contributed by atoms with Crippen molar-refractivity contribution >= 4 is 11.6 Å². The maximum Gasteiger partial charge on any atom is 0.270 e. The van der Waals surface area contributed by atoms with Crippen molar-refractivity contribution in [2.24, 2.45) is 0 Å². The van der Waals surface area contributed by atoms with E-state index < -0.39 is 0 Å². The maximum atomic E-state index is 12.9. The number of carbonyl (C=O) groups excluding carboxylic acids is 1. The van der Waals surface area contributed by atoms with Crippen molar-refractivity contribution in [3.8, 4) is 11.5 Å². The summed E-state index contributed by atoms with van der Waals surface area (Å²) in [4.78, 5) is 19.5. The smallest absolute Gasteiger partial charge is 0.270 e. The van der Waals surface area contributed by atoms with E-state index in [1.54, 1.807) is 18.6 Å². The Hall–Kier alpha value is -3.06. The molecule has 0 aliphatic rings. The first-order valence-corrected chi connectivity index (χ1v) is 9.06. The van der Waals surface area contributed by atoms with Crippen LogP contribution in [0.25, 0.3) is 5.65 Å². The first kappa shape index (κ1) is 19.7. The predicted octanol–water partition coefficient (Wildman–Crippen LogP) is 2.69. The van der Waals surface area contributed by atoms with Gasteiger partial charge in [0.25, 0.3) is 5.91 Å². The number of aryl methyl sites for hydroxylation is 1. The molecule has 1 atom stereocenters. The number of aromatic nitrogens is 2. The van der Waals surface area contributed by atoms with E-state index in [4.69, 9.17) is 9.47 Å². The van der Waals surface area contributed by atoms with Crippen LogP contribution in [-0.4, -0.2) is 55.1 Å². The Morgan fingerprint density at radius 2 is 1.89 bits per heavy atom. The molecule has 0 aliphatic heterocycles. The van der Waals surface area contributed by atoms with Gasteiger partial charge in [-0.25, -0.2) is 4.98 Å². The van der Waals surface area contributed by atoms with Gasteiger partial charge in [-0.05, 0) is 50.8 Å². The lowest BCUT2D eigenvalue weighted by Crippen LogP contribution is -2.35. The van der Waals surface area contributed by atoms with Crippen molar-refractivity contribution < 1.29 is 14.3 Å². The van der Waals surface area contributed by atoms with Gasteiger partial charge < -0.3 is 19.7 Å². The monoisotopic (exact) mass is 382 g/mol. The van der Waals surface area contributed by atoms with Crippen LogP contribution in [0, 0.1) is 6.92 Å². The number of benzene rings is 1. The highest BCUT2D eigenvalue weighted by atomic mass is 16.5. The van der Waals surface area contributed by atoms with Gasteiger partial charge in [-0.15, -0.1) is 0 Å². The fraction of sp³-hybridized carbons (Fsp3) is 0.333. The summed E-state index contributed by atoms with van der Waals surface area (Å²) in [5, 5.41) is 3.05. The van der Waals surface area contributed by atoms with Gasteiger partial charge in [-0.1, -0.05) is 12.1 Å². The third kappa shape index (κ3) is 3.80. The number of carbonyl (C=O) groups is 1. The van der Waals surface area contributed by atoms with E-state index in [9.17, 15) is 4.79 Å². The fourth-order valence-corrected chi connectivity index (χ4v) is 3.29. The molecule has 2 aromatic heterocycles. The van der Waals surface area contributed by atoms with Gasteiger partial charge in [-0.3, -0.25) is 9.20 Å². The van der Waals surface area contributed by atoms with Crippen LogP contribution in [0.2, 0.25) is 0 Å². The molecule has 0 bridgehead atoms. The summed E-state index contributed by atoms with van der Waals surface area (Å²) in [7, 11) is 7.22. The molecule has 2 heterocycles. The first-order valence-electron chi connectivity index (χ1n) is 9.06. The second-order valence-electron chi connectivity index (χ2n) is 6.78. The molecule has 0 fully saturated rings. The summed E-state index contributed by atoms with van der Waals surface area (Å²) < 4.78 is 12.3. The topological polar surface area (TPSA) is 68.1 Å². The summed E-state index contributed by atoms with van der Waals surface area (Å²) in [6, 6.07) is 11.6. The van der Waals surface area contributed by atoms with Crippen molar-refractivity contribution in [1.29, 1.82) is 0 Å². The zero-order chi connectivity index (χ0) is 20.3. The average molecular weight is 382 g/mol. The maximum absolute atomic E-state index is 12.9. The van der Waals surface area contributed by atoms with Crippen LogP contribution in [-0.2, 0) is 0 Å². The summed E-state index contributed by atoms with van der Waals surface area (Å²) >= 11 is 0. The molecule has 28 heavy (non-hydrogen) atoms. The second kappa shape index (κ2) is 8.31. The van der Waals surface area contributed by atoms with Crippen molar-refractivity contribution in [1.82, 2.24) is 19.6 Å². The largest absolute Gasteiger partial charge is 0.497 e. The minimum absolute atomic E-state index is 0.0314. The zero-order valence-electron chi connectivity index (χ0n) is 16.9. The molecule has 7 nitrogen and oxygen atoms in total. The Kier molecular flexibility index (Phi) is 5.84. The standard InChI is InChI=1S/C21H26N4O3/c1-14-19(25-12-6-7-18(28-5)20(25)23-14)21(26)22-13-17(24(2)3)15-8-10-16(27-4)11-9-15/h6-12,17H,13H2,1-5H3,(H,22,26). The van der Waals surface area contributed by atoms with E-state index in [0.29, 0.717) is 29.3 Å². The van der Waals surface area contributed by atoms with Gasteiger partial charge in [0.05, 0.1) is 26.0 Å². The molecule has 0 radical (unpaired) electrons. The van der Waals surface area contributed by atoms with Crippen LogP contribution >= 0.6 is 0 Å². The number of imidazole rings is 1. The van der Waals surface area contributed by atoms with E-state index in [1.165, 1.54) is 0 Å². The molecular formula is C21H26N4O3. The lowest BCUT2D eigenvalue weighted by molar-refractivity contribution is 0.0935. The summed E-state index contributed by atoms with van der Waals surface area (Å²) in [6.07, 6.45) is 1.82. The van der Waals surface area contributed by atoms with Gasteiger partial charge >= 0.3 is 0 Å². The molecule has 0 saturated carbocycles. The van der Waals surface area contributed by atoms with E-state index in [1.807, 2.05) is 63.6 Å².